The van der Waals surface area contributed by atoms with E-state index < -0.39 is 5.97 Å². The average Bonchev–Trinajstić information content (AvgIpc) is 2.27. The van der Waals surface area contributed by atoms with Gasteiger partial charge in [-0.15, -0.1) is 0 Å². The molecule has 1 aromatic heterocycles. The molecule has 0 radical (unpaired) electrons. The number of nitrogens with one attached hydrogen (secondary N) is 2. The Labute approximate surface area is 112 Å². The summed E-state index contributed by atoms with van der Waals surface area (Å²) in [7, 11) is 0. The summed E-state index contributed by atoms with van der Waals surface area (Å²) < 4.78 is 0. The molecule has 0 fully saturated rings. The summed E-state index contributed by atoms with van der Waals surface area (Å²) in [5.41, 5.74) is 0.365. The van der Waals surface area contributed by atoms with Gasteiger partial charge in [-0.25, -0.2) is 9.78 Å². The summed E-state index contributed by atoms with van der Waals surface area (Å²) in [6, 6.07) is 3.10. The molecular formula is C13H19N3O3. The van der Waals surface area contributed by atoms with Crippen molar-refractivity contribution in [2.75, 3.05) is 11.9 Å². The number of hydrogen-bond acceptors (Lipinski definition) is 4. The summed E-state index contributed by atoms with van der Waals surface area (Å²) in [6.07, 6.45) is 1.74. The van der Waals surface area contributed by atoms with Gasteiger partial charge in [-0.2, -0.15) is 0 Å². The third-order valence-electron chi connectivity index (χ3n) is 2.17. The topological polar surface area (TPSA) is 91.3 Å². The molecule has 0 unspecified atom stereocenters. The van der Waals surface area contributed by atoms with E-state index in [1.165, 1.54) is 12.3 Å². The second-order valence-corrected chi connectivity index (χ2v) is 5.21. The zero-order chi connectivity index (χ0) is 14.5. The minimum absolute atomic E-state index is 0.0239. The summed E-state index contributed by atoms with van der Waals surface area (Å²) in [6.45, 7) is 6.19. The molecule has 0 atom stereocenters. The van der Waals surface area contributed by atoms with Gasteiger partial charge in [0.15, 0.2) is 0 Å². The van der Waals surface area contributed by atoms with Gasteiger partial charge in [0.25, 0.3) is 0 Å². The fourth-order valence-electron chi connectivity index (χ4n) is 1.46. The molecular weight excluding hydrogens is 246 g/mol. The number of carboxylic acid groups (broad SMARTS) is 1. The molecule has 0 aliphatic heterocycles. The first-order chi connectivity index (χ1) is 8.78. The van der Waals surface area contributed by atoms with Crippen LogP contribution in [0.5, 0.6) is 0 Å². The van der Waals surface area contributed by atoms with Gasteiger partial charge in [-0.3, -0.25) is 4.79 Å². The fraction of sp³-hybridized carbons (Fsp3) is 0.462. The molecule has 0 aliphatic carbocycles. The molecule has 104 valence electrons. The number of aromatic nitrogens is 1. The molecule has 6 nitrogen and oxygen atoms in total. The molecule has 0 aliphatic rings. The van der Waals surface area contributed by atoms with Crippen molar-refractivity contribution >= 4 is 17.6 Å². The average molecular weight is 265 g/mol. The summed E-state index contributed by atoms with van der Waals surface area (Å²) >= 11 is 0. The van der Waals surface area contributed by atoms with E-state index in [1.807, 2.05) is 20.8 Å². The highest BCUT2D eigenvalue weighted by molar-refractivity contribution is 5.86. The number of hydrogen-bond donors (Lipinski definition) is 3. The third kappa shape index (κ3) is 5.85. The number of carboxylic acids is 1. The maximum atomic E-state index is 11.6. The highest BCUT2D eigenvalue weighted by Gasteiger charge is 2.13. The molecule has 0 saturated carbocycles. The van der Waals surface area contributed by atoms with Gasteiger partial charge in [-0.1, -0.05) is 0 Å². The van der Waals surface area contributed by atoms with Gasteiger partial charge in [0.05, 0.1) is 0 Å². The molecule has 0 bridgehead atoms. The van der Waals surface area contributed by atoms with Crippen molar-refractivity contribution < 1.29 is 14.7 Å². The maximum absolute atomic E-state index is 11.6. The first-order valence-electron chi connectivity index (χ1n) is 6.02. The quantitative estimate of drug-likeness (QED) is 0.750. The first kappa shape index (κ1) is 14.9. The van der Waals surface area contributed by atoms with E-state index in [4.69, 9.17) is 5.11 Å². The lowest BCUT2D eigenvalue weighted by Crippen LogP contribution is -2.41. The van der Waals surface area contributed by atoms with E-state index in [-0.39, 0.29) is 17.1 Å². The molecule has 0 saturated heterocycles. The van der Waals surface area contributed by atoms with E-state index >= 15 is 0 Å². The molecule has 3 N–H and O–H groups in total. The number of anilines is 1. The Morgan fingerprint density at radius 1 is 1.37 bits per heavy atom. The monoisotopic (exact) mass is 265 g/mol. The van der Waals surface area contributed by atoms with Crippen LogP contribution in [-0.2, 0) is 4.79 Å². The van der Waals surface area contributed by atoms with Gasteiger partial charge >= 0.3 is 5.97 Å². The normalized spacial score (nSPS) is 10.9. The second kappa shape index (κ2) is 6.17. The van der Waals surface area contributed by atoms with Crippen LogP contribution in [-0.4, -0.2) is 34.1 Å². The summed E-state index contributed by atoms with van der Waals surface area (Å²) in [5, 5.41) is 14.6. The van der Waals surface area contributed by atoms with E-state index in [1.54, 1.807) is 6.07 Å². The van der Waals surface area contributed by atoms with Crippen LogP contribution in [0.2, 0.25) is 0 Å². The van der Waals surface area contributed by atoms with Gasteiger partial charge in [0.2, 0.25) is 5.91 Å². The first-order valence-corrected chi connectivity index (χ1v) is 6.02. The van der Waals surface area contributed by atoms with Crippen molar-refractivity contribution in [2.45, 2.75) is 32.7 Å². The van der Waals surface area contributed by atoms with E-state index in [9.17, 15) is 9.59 Å². The minimum atomic E-state index is -1.07. The SMILES string of the molecule is CC(C)(C)NC(=O)CCNc1ccnc(C(=O)O)c1. The van der Waals surface area contributed by atoms with Crippen LogP contribution in [0, 0.1) is 0 Å². The van der Waals surface area contributed by atoms with Crippen LogP contribution in [0.4, 0.5) is 5.69 Å². The largest absolute Gasteiger partial charge is 0.477 e. The van der Waals surface area contributed by atoms with Crippen molar-refractivity contribution in [1.29, 1.82) is 0 Å². The Morgan fingerprint density at radius 3 is 2.63 bits per heavy atom. The second-order valence-electron chi connectivity index (χ2n) is 5.21. The van der Waals surface area contributed by atoms with Gasteiger partial charge in [-0.05, 0) is 32.9 Å². The van der Waals surface area contributed by atoms with Crippen molar-refractivity contribution in [3.05, 3.63) is 24.0 Å². The molecule has 19 heavy (non-hydrogen) atoms. The number of carbonyl (C=O) groups excluding carboxylic acids is 1. The number of amides is 1. The Kier molecular flexibility index (Phi) is 4.86. The summed E-state index contributed by atoms with van der Waals surface area (Å²) in [4.78, 5) is 26.0. The number of nitrogens with zero attached hydrogens (tertiary/aromatic N) is 1. The molecule has 0 spiro atoms. The zero-order valence-electron chi connectivity index (χ0n) is 11.4. The smallest absolute Gasteiger partial charge is 0.354 e. The molecule has 1 heterocycles. The van der Waals surface area contributed by atoms with Gasteiger partial charge in [0.1, 0.15) is 5.69 Å². The Hall–Kier alpha value is -2.11. The van der Waals surface area contributed by atoms with Crippen LogP contribution in [0.25, 0.3) is 0 Å². The lowest BCUT2D eigenvalue weighted by atomic mass is 10.1. The van der Waals surface area contributed by atoms with Crippen LogP contribution >= 0.6 is 0 Å². The Balaban J connectivity index is 2.43. The van der Waals surface area contributed by atoms with E-state index in [0.29, 0.717) is 18.7 Å². The number of aromatic carboxylic acids is 1. The Bertz CT molecular complexity index is 466. The standard InChI is InChI=1S/C13H19N3O3/c1-13(2,3)16-11(17)5-7-14-9-4-6-15-10(8-9)12(18)19/h4,6,8H,5,7H2,1-3H3,(H,14,15)(H,16,17)(H,18,19). The fourth-order valence-corrected chi connectivity index (χ4v) is 1.46. The van der Waals surface area contributed by atoms with Crippen molar-refractivity contribution in [2.24, 2.45) is 0 Å². The third-order valence-corrected chi connectivity index (χ3v) is 2.17. The predicted octanol–water partition coefficient (Wildman–Crippen LogP) is 1.50. The van der Waals surface area contributed by atoms with Crippen LogP contribution in [0.1, 0.15) is 37.7 Å². The van der Waals surface area contributed by atoms with Crippen LogP contribution in [0.15, 0.2) is 18.3 Å². The Morgan fingerprint density at radius 2 is 2.05 bits per heavy atom. The molecule has 1 rings (SSSR count). The zero-order valence-corrected chi connectivity index (χ0v) is 11.4. The molecule has 0 aromatic carbocycles. The lowest BCUT2D eigenvalue weighted by molar-refractivity contribution is -0.122. The molecule has 1 aromatic rings. The van der Waals surface area contributed by atoms with E-state index in [0.717, 1.165) is 0 Å². The maximum Gasteiger partial charge on any atom is 0.354 e. The van der Waals surface area contributed by atoms with Crippen molar-refractivity contribution in [3.8, 4) is 0 Å². The molecule has 6 heteroatoms. The molecule has 1 amide bonds. The van der Waals surface area contributed by atoms with Gasteiger partial charge in [0, 0.05) is 30.4 Å². The van der Waals surface area contributed by atoms with Crippen molar-refractivity contribution in [1.82, 2.24) is 10.3 Å². The number of rotatable bonds is 5. The summed E-state index contributed by atoms with van der Waals surface area (Å²) in [5.74, 6) is -1.12. The highest BCUT2D eigenvalue weighted by atomic mass is 16.4. The predicted molar refractivity (Wildman–Crippen MR) is 72.2 cm³/mol. The highest BCUT2D eigenvalue weighted by Crippen LogP contribution is 2.08. The van der Waals surface area contributed by atoms with Crippen molar-refractivity contribution in [3.63, 3.8) is 0 Å². The number of pyridine rings is 1. The minimum Gasteiger partial charge on any atom is -0.477 e. The van der Waals surface area contributed by atoms with Crippen LogP contribution in [0.3, 0.4) is 0 Å². The number of carbonyl (C=O) groups is 2. The lowest BCUT2D eigenvalue weighted by Gasteiger charge is -2.20. The van der Waals surface area contributed by atoms with Crippen LogP contribution < -0.4 is 10.6 Å². The van der Waals surface area contributed by atoms with E-state index in [2.05, 4.69) is 15.6 Å². The van der Waals surface area contributed by atoms with Gasteiger partial charge < -0.3 is 15.7 Å².